The van der Waals surface area contributed by atoms with Crippen LogP contribution < -0.4 is 4.74 Å². The van der Waals surface area contributed by atoms with Crippen molar-refractivity contribution < 1.29 is 9.66 Å². The molecular weight excluding hydrogens is 388 g/mol. The van der Waals surface area contributed by atoms with E-state index in [9.17, 15) is 10.1 Å². The van der Waals surface area contributed by atoms with E-state index < -0.39 is 4.92 Å². The molecule has 0 spiro atoms. The highest BCUT2D eigenvalue weighted by molar-refractivity contribution is 9.10. The molecule has 2 rings (SSSR count). The van der Waals surface area contributed by atoms with E-state index in [0.717, 1.165) is 0 Å². The largest absolute Gasteiger partial charge is 0.423 e. The summed E-state index contributed by atoms with van der Waals surface area (Å²) in [4.78, 5) is 14.6. The Balaban J connectivity index is 2.46. The number of benzene rings is 1. The molecule has 0 bridgehead atoms. The lowest BCUT2D eigenvalue weighted by Crippen LogP contribution is -1.96. The molecule has 2 aromatic rings. The lowest BCUT2D eigenvalue weighted by atomic mass is 10.2. The number of thiazole rings is 1. The quantitative estimate of drug-likeness (QED) is 0.561. The van der Waals surface area contributed by atoms with Gasteiger partial charge in [-0.25, -0.2) is 0 Å². The molecule has 8 heteroatoms. The minimum Gasteiger partial charge on any atom is -0.423 e. The first-order valence-electron chi connectivity index (χ1n) is 4.71. The van der Waals surface area contributed by atoms with Crippen molar-refractivity contribution in [1.29, 1.82) is 0 Å². The van der Waals surface area contributed by atoms with Crippen LogP contribution in [0.3, 0.4) is 0 Å². The third-order valence-corrected chi connectivity index (χ3v) is 3.95. The summed E-state index contributed by atoms with van der Waals surface area (Å²) in [6.07, 6.45) is 0. The summed E-state index contributed by atoms with van der Waals surface area (Å²) >= 11 is 7.69. The number of aromatic nitrogens is 1. The molecule has 18 heavy (non-hydrogen) atoms. The summed E-state index contributed by atoms with van der Waals surface area (Å²) in [5.74, 6) is 0.213. The Morgan fingerprint density at radius 2 is 2.17 bits per heavy atom. The van der Waals surface area contributed by atoms with Crippen LogP contribution in [0.15, 0.2) is 26.6 Å². The predicted molar refractivity (Wildman–Crippen MR) is 75.4 cm³/mol. The zero-order valence-corrected chi connectivity index (χ0v) is 13.0. The fourth-order valence-electron chi connectivity index (χ4n) is 1.35. The second kappa shape index (κ2) is 5.33. The van der Waals surface area contributed by atoms with Gasteiger partial charge in [-0.05, 0) is 28.9 Å². The maximum Gasteiger partial charge on any atom is 0.313 e. The highest BCUT2D eigenvalue weighted by atomic mass is 79.9. The number of nitrogens with zero attached hydrogens (tertiary/aromatic N) is 2. The molecule has 0 saturated carbocycles. The average molecular weight is 394 g/mol. The Labute approximate surface area is 123 Å². The molecule has 0 amide bonds. The Kier molecular flexibility index (Phi) is 3.98. The van der Waals surface area contributed by atoms with E-state index in [4.69, 9.17) is 4.74 Å². The summed E-state index contributed by atoms with van der Waals surface area (Å²) in [5.41, 5.74) is 0.579. The van der Waals surface area contributed by atoms with Crippen LogP contribution in [-0.4, -0.2) is 9.91 Å². The van der Waals surface area contributed by atoms with Crippen molar-refractivity contribution in [3.8, 4) is 10.9 Å². The van der Waals surface area contributed by atoms with Gasteiger partial charge in [0.1, 0.15) is 4.60 Å². The molecule has 94 valence electrons. The third-order valence-electron chi connectivity index (χ3n) is 2.06. The molecule has 1 aromatic heterocycles. The Hall–Kier alpha value is -0.990. The summed E-state index contributed by atoms with van der Waals surface area (Å²) in [5, 5.41) is 13.1. The van der Waals surface area contributed by atoms with Gasteiger partial charge in [0.15, 0.2) is 0 Å². The number of nitro benzene ring substituents is 1. The van der Waals surface area contributed by atoms with E-state index in [1.165, 1.54) is 17.4 Å². The molecule has 0 N–H and O–H groups in total. The fourth-order valence-corrected chi connectivity index (χ4v) is 3.01. The normalized spacial score (nSPS) is 10.4. The highest BCUT2D eigenvalue weighted by Crippen LogP contribution is 2.38. The van der Waals surface area contributed by atoms with Crippen molar-refractivity contribution in [3.05, 3.63) is 42.3 Å². The summed E-state index contributed by atoms with van der Waals surface area (Å²) < 4.78 is 6.77. The predicted octanol–water partition coefficient (Wildman–Crippen LogP) is 4.68. The molecule has 5 nitrogen and oxygen atoms in total. The van der Waals surface area contributed by atoms with E-state index in [1.54, 1.807) is 18.4 Å². The number of hydrogen-bond donors (Lipinski definition) is 0. The summed E-state index contributed by atoms with van der Waals surface area (Å²) in [6, 6.07) is 3.16. The van der Waals surface area contributed by atoms with Crippen LogP contribution in [0.1, 0.15) is 5.56 Å². The molecule has 0 aliphatic carbocycles. The van der Waals surface area contributed by atoms with Gasteiger partial charge in [0, 0.05) is 21.5 Å². The third kappa shape index (κ3) is 2.88. The van der Waals surface area contributed by atoms with Crippen molar-refractivity contribution in [2.45, 2.75) is 6.92 Å². The van der Waals surface area contributed by atoms with Gasteiger partial charge in [-0.15, -0.1) is 0 Å². The zero-order valence-electron chi connectivity index (χ0n) is 9.02. The standard InChI is InChI=1S/C10H6Br2N2O3S/c1-5-2-6(11)3-7(14(15)16)9(5)17-10-13-8(12)4-18-10/h2-4H,1H3. The van der Waals surface area contributed by atoms with Crippen molar-refractivity contribution >= 4 is 48.9 Å². The second-order valence-electron chi connectivity index (χ2n) is 3.37. The molecular formula is C10H6Br2N2O3S. The van der Waals surface area contributed by atoms with Gasteiger partial charge in [-0.3, -0.25) is 10.1 Å². The first-order valence-corrected chi connectivity index (χ1v) is 7.17. The summed E-state index contributed by atoms with van der Waals surface area (Å²) in [7, 11) is 0. The summed E-state index contributed by atoms with van der Waals surface area (Å²) in [6.45, 7) is 1.75. The second-order valence-corrected chi connectivity index (χ2v) is 5.92. The molecule has 0 fully saturated rings. The van der Waals surface area contributed by atoms with Crippen LogP contribution in [0.4, 0.5) is 5.69 Å². The monoisotopic (exact) mass is 392 g/mol. The molecule has 0 aliphatic rings. The molecule has 1 heterocycles. The van der Waals surface area contributed by atoms with Crippen LogP contribution in [0, 0.1) is 17.0 Å². The maximum absolute atomic E-state index is 11.0. The van der Waals surface area contributed by atoms with Crippen molar-refractivity contribution in [2.24, 2.45) is 0 Å². The number of rotatable bonds is 3. The fraction of sp³-hybridized carbons (Fsp3) is 0.100. The van der Waals surface area contributed by atoms with Gasteiger partial charge in [0.25, 0.3) is 5.19 Å². The first kappa shape index (κ1) is 13.4. The van der Waals surface area contributed by atoms with Gasteiger partial charge in [0.2, 0.25) is 5.75 Å². The molecule has 0 radical (unpaired) electrons. The maximum atomic E-state index is 11.0. The van der Waals surface area contributed by atoms with Crippen molar-refractivity contribution in [1.82, 2.24) is 4.98 Å². The van der Waals surface area contributed by atoms with E-state index in [-0.39, 0.29) is 11.4 Å². The van der Waals surface area contributed by atoms with Crippen LogP contribution in [0.5, 0.6) is 10.9 Å². The lowest BCUT2D eigenvalue weighted by molar-refractivity contribution is -0.385. The van der Waals surface area contributed by atoms with Gasteiger partial charge in [-0.1, -0.05) is 27.3 Å². The smallest absolute Gasteiger partial charge is 0.313 e. The minimum atomic E-state index is -0.476. The molecule has 0 aliphatic heterocycles. The molecule has 0 unspecified atom stereocenters. The number of hydrogen-bond acceptors (Lipinski definition) is 5. The van der Waals surface area contributed by atoms with Crippen molar-refractivity contribution in [3.63, 3.8) is 0 Å². The zero-order chi connectivity index (χ0) is 13.3. The van der Waals surface area contributed by atoms with Crippen LogP contribution in [0.2, 0.25) is 0 Å². The number of halogens is 2. The molecule has 1 aromatic carbocycles. The van der Waals surface area contributed by atoms with Gasteiger partial charge < -0.3 is 4.74 Å². The molecule has 0 saturated heterocycles. The Morgan fingerprint density at radius 3 is 2.72 bits per heavy atom. The van der Waals surface area contributed by atoms with Crippen LogP contribution >= 0.6 is 43.2 Å². The number of ether oxygens (including phenoxy) is 1. The van der Waals surface area contributed by atoms with Crippen LogP contribution in [0.25, 0.3) is 0 Å². The van der Waals surface area contributed by atoms with Gasteiger partial charge >= 0.3 is 5.69 Å². The van der Waals surface area contributed by atoms with Crippen LogP contribution in [-0.2, 0) is 0 Å². The van der Waals surface area contributed by atoms with Crippen molar-refractivity contribution in [2.75, 3.05) is 0 Å². The number of aryl methyl sites for hydroxylation is 1. The van der Waals surface area contributed by atoms with E-state index >= 15 is 0 Å². The Morgan fingerprint density at radius 1 is 1.44 bits per heavy atom. The lowest BCUT2D eigenvalue weighted by Gasteiger charge is -2.06. The SMILES string of the molecule is Cc1cc(Br)cc([N+](=O)[O-])c1Oc1nc(Br)cs1. The van der Waals surface area contributed by atoms with E-state index in [0.29, 0.717) is 19.8 Å². The van der Waals surface area contributed by atoms with Gasteiger partial charge in [0.05, 0.1) is 4.92 Å². The van der Waals surface area contributed by atoms with E-state index in [1.807, 2.05) is 0 Å². The van der Waals surface area contributed by atoms with Gasteiger partial charge in [-0.2, -0.15) is 4.98 Å². The first-order chi connectivity index (χ1) is 8.47. The highest BCUT2D eigenvalue weighted by Gasteiger charge is 2.20. The molecule has 0 atom stereocenters. The number of nitro groups is 1. The topological polar surface area (TPSA) is 65.3 Å². The minimum absolute atomic E-state index is 0.0896. The average Bonchev–Trinajstić information content (AvgIpc) is 2.67. The van der Waals surface area contributed by atoms with E-state index in [2.05, 4.69) is 36.8 Å². The Bertz CT molecular complexity index is 615.